The molecular weight excluding hydrogens is 512 g/mol. The molecule has 0 fully saturated rings. The number of hydrogen-bond donors (Lipinski definition) is 0. The molecule has 2 unspecified atom stereocenters. The third-order valence-corrected chi connectivity index (χ3v) is 7.92. The minimum atomic E-state index is -0.621. The van der Waals surface area contributed by atoms with E-state index in [1.165, 1.54) is 10.0 Å². The standard InChI is InChI=1S/C34H38N4O3/c1-6-7-8-21-41-29-19-13-26(14-20-29)32(30-24(4)35-37(33(30)39)27-15-9-22(2)10-16-27)31-25(5)36-38(34(31)40)28-17-11-23(3)12-18-28/h9-20,30-32H,6-8,21H2,1-5H3. The van der Waals surface area contributed by atoms with Gasteiger partial charge in [0.15, 0.2) is 0 Å². The minimum Gasteiger partial charge on any atom is -0.494 e. The fourth-order valence-corrected chi connectivity index (χ4v) is 5.63. The van der Waals surface area contributed by atoms with E-state index < -0.39 is 17.8 Å². The van der Waals surface area contributed by atoms with Crippen LogP contribution in [0.5, 0.6) is 5.75 Å². The summed E-state index contributed by atoms with van der Waals surface area (Å²) in [4.78, 5) is 28.1. The molecular formula is C34H38N4O3. The average molecular weight is 551 g/mol. The average Bonchev–Trinajstić information content (AvgIpc) is 3.43. The van der Waals surface area contributed by atoms with Crippen LogP contribution in [0, 0.1) is 25.7 Å². The van der Waals surface area contributed by atoms with Crippen LogP contribution in [0.1, 0.15) is 62.6 Å². The number of aryl methyl sites for hydroxylation is 2. The van der Waals surface area contributed by atoms with Gasteiger partial charge in [-0.25, -0.2) is 10.0 Å². The molecule has 2 heterocycles. The zero-order valence-corrected chi connectivity index (χ0v) is 24.5. The Hall–Kier alpha value is -4.26. The van der Waals surface area contributed by atoms with Crippen molar-refractivity contribution in [3.8, 4) is 5.75 Å². The third-order valence-electron chi connectivity index (χ3n) is 7.92. The summed E-state index contributed by atoms with van der Waals surface area (Å²) in [5.74, 6) is -1.24. The van der Waals surface area contributed by atoms with Gasteiger partial charge in [-0.1, -0.05) is 67.3 Å². The van der Waals surface area contributed by atoms with Crippen LogP contribution in [0.3, 0.4) is 0 Å². The fraction of sp³-hybridized carbons (Fsp3) is 0.353. The predicted octanol–water partition coefficient (Wildman–Crippen LogP) is 7.03. The number of unbranched alkanes of at least 4 members (excludes halogenated alkanes) is 2. The van der Waals surface area contributed by atoms with E-state index in [9.17, 15) is 9.59 Å². The molecule has 7 nitrogen and oxygen atoms in total. The molecule has 212 valence electrons. The van der Waals surface area contributed by atoms with Crippen LogP contribution in [0.2, 0.25) is 0 Å². The van der Waals surface area contributed by atoms with Gasteiger partial charge in [-0.3, -0.25) is 9.59 Å². The Morgan fingerprint density at radius 2 is 1.15 bits per heavy atom. The Kier molecular flexibility index (Phi) is 8.34. The van der Waals surface area contributed by atoms with E-state index in [2.05, 4.69) is 6.92 Å². The Morgan fingerprint density at radius 1 is 0.683 bits per heavy atom. The van der Waals surface area contributed by atoms with E-state index in [0.29, 0.717) is 29.4 Å². The highest BCUT2D eigenvalue weighted by molar-refractivity contribution is 6.19. The first-order chi connectivity index (χ1) is 19.8. The fourth-order valence-electron chi connectivity index (χ4n) is 5.63. The number of anilines is 2. The molecule has 0 saturated carbocycles. The summed E-state index contributed by atoms with van der Waals surface area (Å²) in [7, 11) is 0. The molecule has 0 N–H and O–H groups in total. The van der Waals surface area contributed by atoms with Crippen molar-refractivity contribution in [2.75, 3.05) is 16.6 Å². The summed E-state index contributed by atoms with van der Waals surface area (Å²) in [5.41, 5.74) is 5.86. The first-order valence-corrected chi connectivity index (χ1v) is 14.4. The lowest BCUT2D eigenvalue weighted by atomic mass is 9.73. The van der Waals surface area contributed by atoms with Crippen molar-refractivity contribution < 1.29 is 14.3 Å². The van der Waals surface area contributed by atoms with Crippen molar-refractivity contribution >= 4 is 34.6 Å². The van der Waals surface area contributed by atoms with Gasteiger partial charge in [-0.2, -0.15) is 10.2 Å². The molecule has 2 aliphatic rings. The van der Waals surface area contributed by atoms with Crippen molar-refractivity contribution in [1.82, 2.24) is 0 Å². The molecule has 0 radical (unpaired) electrons. The van der Waals surface area contributed by atoms with Crippen LogP contribution in [-0.2, 0) is 9.59 Å². The zero-order chi connectivity index (χ0) is 29.1. The number of hydrazone groups is 2. The van der Waals surface area contributed by atoms with Gasteiger partial charge in [0.1, 0.15) is 5.75 Å². The molecule has 3 aromatic rings. The summed E-state index contributed by atoms with van der Waals surface area (Å²) >= 11 is 0. The molecule has 0 spiro atoms. The number of amides is 2. The number of carbonyl (C=O) groups excluding carboxylic acids is 2. The number of hydrogen-bond acceptors (Lipinski definition) is 5. The van der Waals surface area contributed by atoms with Crippen molar-refractivity contribution in [3.05, 3.63) is 89.5 Å². The highest BCUT2D eigenvalue weighted by Crippen LogP contribution is 2.43. The second-order valence-electron chi connectivity index (χ2n) is 11.1. The summed E-state index contributed by atoms with van der Waals surface area (Å²) in [5, 5.41) is 12.3. The Labute approximate surface area is 242 Å². The summed E-state index contributed by atoms with van der Waals surface area (Å²) in [6, 6.07) is 23.3. The SMILES string of the molecule is CCCCCOc1ccc(C(C2C(=O)N(c3ccc(C)cc3)N=C2C)C2C(=O)N(c3ccc(C)cc3)N=C2C)cc1. The predicted molar refractivity (Wildman–Crippen MR) is 165 cm³/mol. The van der Waals surface area contributed by atoms with E-state index in [0.717, 1.165) is 41.7 Å². The van der Waals surface area contributed by atoms with Crippen LogP contribution in [-0.4, -0.2) is 29.8 Å². The quantitative estimate of drug-likeness (QED) is 0.254. The maximum atomic E-state index is 14.1. The van der Waals surface area contributed by atoms with Gasteiger partial charge < -0.3 is 4.74 Å². The molecule has 2 amide bonds. The molecule has 0 bridgehead atoms. The van der Waals surface area contributed by atoms with Gasteiger partial charge in [-0.15, -0.1) is 0 Å². The number of nitrogens with zero attached hydrogens (tertiary/aromatic N) is 4. The summed E-state index contributed by atoms with van der Waals surface area (Å²) < 4.78 is 5.95. The van der Waals surface area contributed by atoms with Gasteiger partial charge in [0.05, 0.1) is 29.8 Å². The molecule has 41 heavy (non-hydrogen) atoms. The highest BCUT2D eigenvalue weighted by Gasteiger charge is 2.50. The van der Waals surface area contributed by atoms with Crippen molar-refractivity contribution in [2.24, 2.45) is 22.0 Å². The van der Waals surface area contributed by atoms with Crippen LogP contribution < -0.4 is 14.8 Å². The van der Waals surface area contributed by atoms with Crippen molar-refractivity contribution in [2.45, 2.75) is 59.8 Å². The molecule has 2 aliphatic heterocycles. The molecule has 0 aliphatic carbocycles. The third kappa shape index (κ3) is 5.80. The van der Waals surface area contributed by atoms with E-state index in [1.54, 1.807) is 0 Å². The molecule has 0 aromatic heterocycles. The van der Waals surface area contributed by atoms with Gasteiger partial charge in [0.2, 0.25) is 0 Å². The lowest BCUT2D eigenvalue weighted by Gasteiger charge is -2.29. The van der Waals surface area contributed by atoms with Gasteiger partial charge >= 0.3 is 0 Å². The Balaban J connectivity index is 1.50. The van der Waals surface area contributed by atoms with E-state index in [1.807, 2.05) is 100 Å². The maximum absolute atomic E-state index is 14.1. The second-order valence-corrected chi connectivity index (χ2v) is 11.1. The van der Waals surface area contributed by atoms with E-state index in [4.69, 9.17) is 14.9 Å². The van der Waals surface area contributed by atoms with Gasteiger partial charge in [-0.05, 0) is 76.1 Å². The molecule has 7 heteroatoms. The number of benzene rings is 3. The van der Waals surface area contributed by atoms with Crippen molar-refractivity contribution in [1.29, 1.82) is 0 Å². The van der Waals surface area contributed by atoms with E-state index in [-0.39, 0.29) is 11.8 Å². The van der Waals surface area contributed by atoms with E-state index >= 15 is 0 Å². The number of rotatable bonds is 10. The smallest absolute Gasteiger partial charge is 0.256 e. The summed E-state index contributed by atoms with van der Waals surface area (Å²) in [6.45, 7) is 10.6. The van der Waals surface area contributed by atoms with Crippen molar-refractivity contribution in [3.63, 3.8) is 0 Å². The molecule has 2 atom stereocenters. The van der Waals surface area contributed by atoms with Gasteiger partial charge in [0.25, 0.3) is 11.8 Å². The number of carbonyl (C=O) groups is 2. The van der Waals surface area contributed by atoms with Crippen LogP contribution in [0.4, 0.5) is 11.4 Å². The minimum absolute atomic E-state index is 0.148. The Morgan fingerprint density at radius 3 is 1.59 bits per heavy atom. The monoisotopic (exact) mass is 550 g/mol. The second kappa shape index (κ2) is 12.1. The van der Waals surface area contributed by atoms with Crippen LogP contribution in [0.15, 0.2) is 83.0 Å². The lowest BCUT2D eigenvalue weighted by molar-refractivity contribution is -0.122. The lowest BCUT2D eigenvalue weighted by Crippen LogP contribution is -2.40. The normalized spacial score (nSPS) is 19.4. The number of ether oxygens (including phenoxy) is 1. The first-order valence-electron chi connectivity index (χ1n) is 14.4. The zero-order valence-electron chi connectivity index (χ0n) is 24.5. The molecule has 5 rings (SSSR count). The summed E-state index contributed by atoms with van der Waals surface area (Å²) in [6.07, 6.45) is 3.26. The van der Waals surface area contributed by atoms with Crippen LogP contribution >= 0.6 is 0 Å². The van der Waals surface area contributed by atoms with Gasteiger partial charge in [0, 0.05) is 17.3 Å². The Bertz CT molecular complexity index is 1370. The largest absolute Gasteiger partial charge is 0.494 e. The highest BCUT2D eigenvalue weighted by atomic mass is 16.5. The molecule has 0 saturated heterocycles. The first kappa shape index (κ1) is 28.3. The van der Waals surface area contributed by atoms with Crippen LogP contribution in [0.25, 0.3) is 0 Å². The topological polar surface area (TPSA) is 74.6 Å². The maximum Gasteiger partial charge on any atom is 0.256 e. The molecule has 3 aromatic carbocycles.